The van der Waals surface area contributed by atoms with Gasteiger partial charge in [-0.3, -0.25) is 4.79 Å². The number of hydrogen-bond acceptors (Lipinski definition) is 3. The van der Waals surface area contributed by atoms with Crippen LogP contribution in [0, 0.1) is 5.92 Å². The molecule has 1 amide bonds. The molecule has 25 heavy (non-hydrogen) atoms. The first-order chi connectivity index (χ1) is 11.7. The smallest absolute Gasteiger partial charge is 0.225 e. The number of ether oxygens (including phenoxy) is 1. The summed E-state index contributed by atoms with van der Waals surface area (Å²) in [6.45, 7) is 5.59. The summed E-state index contributed by atoms with van der Waals surface area (Å²) in [5.41, 5.74) is 1.33. The highest BCUT2D eigenvalue weighted by Gasteiger charge is 2.43. The van der Waals surface area contributed by atoms with Crippen molar-refractivity contribution in [2.24, 2.45) is 5.92 Å². The molecule has 0 bridgehead atoms. The van der Waals surface area contributed by atoms with Crippen LogP contribution in [0.15, 0.2) is 30.3 Å². The molecule has 3 aliphatic rings. The van der Waals surface area contributed by atoms with Gasteiger partial charge in [-0.25, -0.2) is 0 Å². The summed E-state index contributed by atoms with van der Waals surface area (Å²) in [7, 11) is 0. The zero-order chi connectivity index (χ0) is 16.4. The summed E-state index contributed by atoms with van der Waals surface area (Å²) in [6.07, 6.45) is 5.40. The second kappa shape index (κ2) is 8.07. The van der Waals surface area contributed by atoms with Crippen molar-refractivity contribution in [3.8, 4) is 0 Å². The number of amides is 1. The number of carbonyl (C=O) groups excluding carboxylic acids is 1. The van der Waals surface area contributed by atoms with E-state index in [2.05, 4.69) is 40.1 Å². The van der Waals surface area contributed by atoms with Crippen molar-refractivity contribution >= 4 is 18.3 Å². The van der Waals surface area contributed by atoms with Gasteiger partial charge in [-0.15, -0.1) is 12.4 Å². The lowest BCUT2D eigenvalue weighted by Gasteiger charge is -2.47. The maximum Gasteiger partial charge on any atom is 0.225 e. The summed E-state index contributed by atoms with van der Waals surface area (Å²) in [6, 6.07) is 10.7. The van der Waals surface area contributed by atoms with Crippen molar-refractivity contribution in [1.82, 2.24) is 9.80 Å². The number of rotatable bonds is 4. The molecule has 1 aliphatic carbocycles. The van der Waals surface area contributed by atoms with Crippen molar-refractivity contribution in [1.29, 1.82) is 0 Å². The standard InChI is InChI=1S/C20H28N2O2.ClH/c23-19(18-6-7-18)22-14-15-24-20(16-22)9-12-21(13-10-20)11-8-17-4-2-1-3-5-17;/h1-5,18H,6-16H2;1H. The van der Waals surface area contributed by atoms with E-state index in [1.807, 2.05) is 0 Å². The van der Waals surface area contributed by atoms with Crippen molar-refractivity contribution < 1.29 is 9.53 Å². The van der Waals surface area contributed by atoms with Crippen molar-refractivity contribution in [2.75, 3.05) is 39.3 Å². The fourth-order valence-electron chi connectivity index (χ4n) is 4.04. The number of halogens is 1. The predicted octanol–water partition coefficient (Wildman–Crippen LogP) is 2.75. The monoisotopic (exact) mass is 364 g/mol. The van der Waals surface area contributed by atoms with Gasteiger partial charge >= 0.3 is 0 Å². The zero-order valence-corrected chi connectivity index (χ0v) is 15.7. The summed E-state index contributed by atoms with van der Waals surface area (Å²) < 4.78 is 6.18. The quantitative estimate of drug-likeness (QED) is 0.823. The molecule has 4 rings (SSSR count). The second-order valence-corrected chi connectivity index (χ2v) is 7.64. The van der Waals surface area contributed by atoms with Crippen LogP contribution in [-0.2, 0) is 16.0 Å². The minimum absolute atomic E-state index is 0. The Labute approximate surface area is 156 Å². The van der Waals surface area contributed by atoms with Crippen molar-refractivity contribution in [3.05, 3.63) is 35.9 Å². The Morgan fingerprint density at radius 1 is 1.12 bits per heavy atom. The lowest BCUT2D eigenvalue weighted by Crippen LogP contribution is -2.58. The Hall–Kier alpha value is -1.10. The molecule has 4 nitrogen and oxygen atoms in total. The minimum Gasteiger partial charge on any atom is -0.371 e. The molecule has 0 N–H and O–H groups in total. The van der Waals surface area contributed by atoms with E-state index in [0.29, 0.717) is 18.4 Å². The maximum atomic E-state index is 12.4. The molecule has 2 aliphatic heterocycles. The van der Waals surface area contributed by atoms with Crippen LogP contribution in [-0.4, -0.2) is 60.6 Å². The fourth-order valence-corrected chi connectivity index (χ4v) is 4.04. The molecule has 1 aromatic carbocycles. The summed E-state index contributed by atoms with van der Waals surface area (Å²) in [4.78, 5) is 17.0. The van der Waals surface area contributed by atoms with Crippen molar-refractivity contribution in [2.45, 2.75) is 37.7 Å². The summed E-state index contributed by atoms with van der Waals surface area (Å²) >= 11 is 0. The molecule has 3 fully saturated rings. The average Bonchev–Trinajstić information content (AvgIpc) is 3.47. The highest BCUT2D eigenvalue weighted by atomic mass is 35.5. The fraction of sp³-hybridized carbons (Fsp3) is 0.650. The number of nitrogens with zero attached hydrogens (tertiary/aromatic N) is 2. The Morgan fingerprint density at radius 3 is 2.52 bits per heavy atom. The third-order valence-electron chi connectivity index (χ3n) is 5.81. The number of likely N-dealkylation sites (tertiary alicyclic amines) is 1. The number of carbonyl (C=O) groups is 1. The van der Waals surface area contributed by atoms with Crippen LogP contribution >= 0.6 is 12.4 Å². The van der Waals surface area contributed by atoms with Gasteiger partial charge in [-0.1, -0.05) is 30.3 Å². The lowest BCUT2D eigenvalue weighted by molar-refractivity contribution is -0.160. The van der Waals surface area contributed by atoms with E-state index in [1.54, 1.807) is 0 Å². The van der Waals surface area contributed by atoms with Gasteiger partial charge in [0, 0.05) is 38.6 Å². The SMILES string of the molecule is Cl.O=C(C1CC1)N1CCOC2(CCN(CCc3ccccc3)CC2)C1. The van der Waals surface area contributed by atoms with E-state index in [0.717, 1.165) is 64.8 Å². The maximum absolute atomic E-state index is 12.4. The number of piperidine rings is 1. The van der Waals surface area contributed by atoms with Crippen molar-refractivity contribution in [3.63, 3.8) is 0 Å². The highest BCUT2D eigenvalue weighted by molar-refractivity contribution is 5.85. The van der Waals surface area contributed by atoms with Crippen LogP contribution < -0.4 is 0 Å². The zero-order valence-electron chi connectivity index (χ0n) is 14.9. The molecule has 0 radical (unpaired) electrons. The van der Waals surface area contributed by atoms with Crippen LogP contribution in [0.2, 0.25) is 0 Å². The van der Waals surface area contributed by atoms with E-state index in [1.165, 1.54) is 5.56 Å². The van der Waals surface area contributed by atoms with Crippen LogP contribution in [0.1, 0.15) is 31.2 Å². The molecule has 0 atom stereocenters. The first kappa shape index (κ1) is 18.7. The average molecular weight is 365 g/mol. The van der Waals surface area contributed by atoms with Crippen LogP contribution in [0.3, 0.4) is 0 Å². The van der Waals surface area contributed by atoms with Gasteiger partial charge in [-0.2, -0.15) is 0 Å². The third kappa shape index (κ3) is 4.55. The largest absolute Gasteiger partial charge is 0.371 e. The first-order valence-electron chi connectivity index (χ1n) is 9.43. The summed E-state index contributed by atoms with van der Waals surface area (Å²) in [5.74, 6) is 0.704. The number of morpholine rings is 1. The lowest BCUT2D eigenvalue weighted by atomic mass is 9.89. The first-order valence-corrected chi connectivity index (χ1v) is 9.43. The van der Waals surface area contributed by atoms with Gasteiger partial charge in [0.15, 0.2) is 0 Å². The Bertz CT molecular complexity index is 568. The van der Waals surface area contributed by atoms with E-state index in [9.17, 15) is 4.79 Å². The molecule has 5 heteroatoms. The molecule has 2 saturated heterocycles. The molecule has 1 spiro atoms. The molecule has 1 aromatic rings. The number of benzene rings is 1. The normalized spacial score (nSPS) is 23.3. The Balaban J connectivity index is 0.00000182. The van der Waals surface area contributed by atoms with Crippen LogP contribution in [0.4, 0.5) is 0 Å². The molecule has 1 saturated carbocycles. The van der Waals surface area contributed by atoms with Gasteiger partial charge in [0.25, 0.3) is 0 Å². The third-order valence-corrected chi connectivity index (χ3v) is 5.81. The van der Waals surface area contributed by atoms with E-state index in [4.69, 9.17) is 4.74 Å². The van der Waals surface area contributed by atoms with E-state index < -0.39 is 0 Å². The molecular formula is C20H29ClN2O2. The minimum atomic E-state index is -0.0773. The molecule has 2 heterocycles. The predicted molar refractivity (Wildman–Crippen MR) is 101 cm³/mol. The van der Waals surface area contributed by atoms with Gasteiger partial charge < -0.3 is 14.5 Å². The second-order valence-electron chi connectivity index (χ2n) is 7.64. The number of hydrogen-bond donors (Lipinski definition) is 0. The van der Waals surface area contributed by atoms with E-state index in [-0.39, 0.29) is 18.0 Å². The Morgan fingerprint density at radius 2 is 1.84 bits per heavy atom. The van der Waals surface area contributed by atoms with Crippen LogP contribution in [0.5, 0.6) is 0 Å². The van der Waals surface area contributed by atoms with Gasteiger partial charge in [0.2, 0.25) is 5.91 Å². The van der Waals surface area contributed by atoms with Gasteiger partial charge in [0.05, 0.1) is 12.2 Å². The highest BCUT2D eigenvalue weighted by Crippen LogP contribution is 2.35. The topological polar surface area (TPSA) is 32.8 Å². The van der Waals surface area contributed by atoms with Gasteiger partial charge in [0.1, 0.15) is 0 Å². The molecular weight excluding hydrogens is 336 g/mol. The van der Waals surface area contributed by atoms with Crippen LogP contribution in [0.25, 0.3) is 0 Å². The van der Waals surface area contributed by atoms with Gasteiger partial charge in [-0.05, 0) is 37.7 Å². The molecule has 138 valence electrons. The molecule has 0 aromatic heterocycles. The Kier molecular flexibility index (Phi) is 6.03. The molecule has 0 unspecified atom stereocenters. The summed E-state index contributed by atoms with van der Waals surface area (Å²) in [5, 5.41) is 0. The van der Waals surface area contributed by atoms with E-state index >= 15 is 0 Å².